The number of benzene rings is 3. The molecule has 3 aromatic carbocycles. The first kappa shape index (κ1) is 22.6. The molecule has 1 aliphatic heterocycles. The third kappa shape index (κ3) is 4.45. The Hall–Kier alpha value is -4.64. The number of nitriles is 1. The van der Waals surface area contributed by atoms with Gasteiger partial charge in [-0.3, -0.25) is 0 Å². The van der Waals surface area contributed by atoms with Crippen molar-refractivity contribution in [2.24, 2.45) is 5.73 Å². The molecule has 8 nitrogen and oxygen atoms in total. The summed E-state index contributed by atoms with van der Waals surface area (Å²) in [4.78, 5) is 12.4. The second-order valence-corrected chi connectivity index (χ2v) is 7.28. The van der Waals surface area contributed by atoms with Crippen LogP contribution in [0.2, 0.25) is 0 Å². The minimum atomic E-state index is -0.607. The summed E-state index contributed by atoms with van der Waals surface area (Å²) < 4.78 is 27.3. The van der Waals surface area contributed by atoms with E-state index in [1.807, 2.05) is 24.3 Å². The number of rotatable bonds is 7. The molecule has 34 heavy (non-hydrogen) atoms. The molecule has 0 saturated heterocycles. The first-order valence-electron chi connectivity index (χ1n) is 10.4. The SMILES string of the molecule is COc1ccccc1OCC(=O)Oc1ccc2c(c1)OC(N)=C(C#N)C2c1ccccc1OC. The molecule has 3 aromatic rings. The van der Waals surface area contributed by atoms with Gasteiger partial charge in [-0.25, -0.2) is 4.79 Å². The average Bonchev–Trinajstić information content (AvgIpc) is 2.86. The van der Waals surface area contributed by atoms with Crippen molar-refractivity contribution in [2.75, 3.05) is 20.8 Å². The topological polar surface area (TPSA) is 113 Å². The molecule has 0 spiro atoms. The van der Waals surface area contributed by atoms with Crippen molar-refractivity contribution in [3.63, 3.8) is 0 Å². The maximum atomic E-state index is 12.4. The zero-order valence-electron chi connectivity index (χ0n) is 18.6. The van der Waals surface area contributed by atoms with Gasteiger partial charge in [-0.05, 0) is 24.3 Å². The maximum Gasteiger partial charge on any atom is 0.349 e. The number of methoxy groups -OCH3 is 2. The Morgan fingerprint density at radius 3 is 2.35 bits per heavy atom. The largest absolute Gasteiger partial charge is 0.496 e. The van der Waals surface area contributed by atoms with E-state index in [0.717, 1.165) is 5.56 Å². The van der Waals surface area contributed by atoms with Gasteiger partial charge in [0.15, 0.2) is 18.1 Å². The molecule has 8 heteroatoms. The standard InChI is InChI=1S/C26H22N2O6/c1-30-20-8-4-3-7-17(20)25-18-12-11-16(13-23(18)34-26(28)19(25)14-27)33-24(29)15-32-22-10-6-5-9-21(22)31-2/h3-13,25H,15,28H2,1-2H3. The van der Waals surface area contributed by atoms with E-state index in [0.29, 0.717) is 28.6 Å². The molecule has 1 unspecified atom stereocenters. The molecule has 2 N–H and O–H groups in total. The average molecular weight is 458 g/mol. The fourth-order valence-corrected chi connectivity index (χ4v) is 3.76. The van der Waals surface area contributed by atoms with Gasteiger partial charge in [-0.2, -0.15) is 5.26 Å². The van der Waals surface area contributed by atoms with Crippen LogP contribution in [-0.2, 0) is 4.79 Å². The normalized spacial score (nSPS) is 14.3. The van der Waals surface area contributed by atoms with Gasteiger partial charge in [0, 0.05) is 17.2 Å². The molecule has 1 atom stereocenters. The second-order valence-electron chi connectivity index (χ2n) is 7.28. The van der Waals surface area contributed by atoms with E-state index < -0.39 is 11.9 Å². The summed E-state index contributed by atoms with van der Waals surface area (Å²) in [6.45, 7) is -0.317. The molecular weight excluding hydrogens is 436 g/mol. The minimum absolute atomic E-state index is 0.0195. The third-order valence-electron chi connectivity index (χ3n) is 5.29. The van der Waals surface area contributed by atoms with Crippen LogP contribution in [0, 0.1) is 11.3 Å². The van der Waals surface area contributed by atoms with Gasteiger partial charge in [0.25, 0.3) is 0 Å². The summed E-state index contributed by atoms with van der Waals surface area (Å²) in [6.07, 6.45) is 0. The van der Waals surface area contributed by atoms with Gasteiger partial charge in [0.05, 0.1) is 20.1 Å². The number of allylic oxidation sites excluding steroid dienone is 1. The summed E-state index contributed by atoms with van der Waals surface area (Å²) in [5.41, 5.74) is 7.80. The Morgan fingerprint density at radius 1 is 0.971 bits per heavy atom. The smallest absolute Gasteiger partial charge is 0.349 e. The van der Waals surface area contributed by atoms with Crippen LogP contribution in [0.4, 0.5) is 0 Å². The number of para-hydroxylation sites is 3. The molecule has 0 bridgehead atoms. The van der Waals surface area contributed by atoms with E-state index in [1.165, 1.54) is 7.11 Å². The summed E-state index contributed by atoms with van der Waals surface area (Å²) in [5.74, 6) is 1.06. The monoisotopic (exact) mass is 458 g/mol. The van der Waals surface area contributed by atoms with E-state index in [2.05, 4.69) is 6.07 Å². The predicted octanol–water partition coefficient (Wildman–Crippen LogP) is 3.91. The highest BCUT2D eigenvalue weighted by Gasteiger charge is 2.32. The first-order chi connectivity index (χ1) is 16.5. The summed E-state index contributed by atoms with van der Waals surface area (Å²) in [7, 11) is 3.08. The molecule has 0 aromatic heterocycles. The van der Waals surface area contributed by atoms with Crippen molar-refractivity contribution in [3.05, 3.63) is 89.3 Å². The van der Waals surface area contributed by atoms with Gasteiger partial charge in [-0.1, -0.05) is 36.4 Å². The number of nitrogens with zero attached hydrogens (tertiary/aromatic N) is 1. The molecule has 0 saturated carbocycles. The molecule has 0 amide bonds. The molecular formula is C26H22N2O6. The number of hydrogen-bond acceptors (Lipinski definition) is 8. The third-order valence-corrected chi connectivity index (χ3v) is 5.29. The van der Waals surface area contributed by atoms with Crippen LogP contribution in [-0.4, -0.2) is 26.8 Å². The number of ether oxygens (including phenoxy) is 5. The van der Waals surface area contributed by atoms with Crippen molar-refractivity contribution >= 4 is 5.97 Å². The number of nitrogens with two attached hydrogens (primary N) is 1. The number of carbonyl (C=O) groups is 1. The van der Waals surface area contributed by atoms with E-state index in [9.17, 15) is 10.1 Å². The van der Waals surface area contributed by atoms with Gasteiger partial charge >= 0.3 is 5.97 Å². The Kier molecular flexibility index (Phi) is 6.55. The molecule has 0 fully saturated rings. The predicted molar refractivity (Wildman–Crippen MR) is 123 cm³/mol. The minimum Gasteiger partial charge on any atom is -0.496 e. The Balaban J connectivity index is 1.57. The zero-order chi connectivity index (χ0) is 24.1. The van der Waals surface area contributed by atoms with Crippen LogP contribution in [0.5, 0.6) is 28.7 Å². The van der Waals surface area contributed by atoms with Crippen molar-refractivity contribution in [2.45, 2.75) is 5.92 Å². The highest BCUT2D eigenvalue weighted by molar-refractivity contribution is 5.74. The van der Waals surface area contributed by atoms with E-state index in [1.54, 1.807) is 49.6 Å². The number of fused-ring (bicyclic) bond motifs is 1. The summed E-state index contributed by atoms with van der Waals surface area (Å²) in [5, 5.41) is 9.75. The number of hydrogen-bond donors (Lipinski definition) is 1. The van der Waals surface area contributed by atoms with E-state index in [-0.39, 0.29) is 23.8 Å². The van der Waals surface area contributed by atoms with Crippen molar-refractivity contribution in [1.82, 2.24) is 0 Å². The van der Waals surface area contributed by atoms with Crippen molar-refractivity contribution in [3.8, 4) is 34.8 Å². The van der Waals surface area contributed by atoms with E-state index >= 15 is 0 Å². The molecule has 0 aliphatic carbocycles. The quantitative estimate of drug-likeness (QED) is 0.419. The highest BCUT2D eigenvalue weighted by Crippen LogP contribution is 2.45. The van der Waals surface area contributed by atoms with Gasteiger partial charge in [0.1, 0.15) is 28.9 Å². The molecule has 1 aliphatic rings. The summed E-state index contributed by atoms with van der Waals surface area (Å²) >= 11 is 0. The van der Waals surface area contributed by atoms with Gasteiger partial charge in [0.2, 0.25) is 5.88 Å². The van der Waals surface area contributed by atoms with Gasteiger partial charge in [-0.15, -0.1) is 0 Å². The fourth-order valence-electron chi connectivity index (χ4n) is 3.76. The van der Waals surface area contributed by atoms with Crippen LogP contribution in [0.3, 0.4) is 0 Å². The highest BCUT2D eigenvalue weighted by atomic mass is 16.6. The zero-order valence-corrected chi connectivity index (χ0v) is 18.6. The van der Waals surface area contributed by atoms with Crippen LogP contribution < -0.4 is 29.4 Å². The lowest BCUT2D eigenvalue weighted by molar-refractivity contribution is -0.136. The molecule has 1 heterocycles. The number of carbonyl (C=O) groups excluding carboxylic acids is 1. The lowest BCUT2D eigenvalue weighted by atomic mass is 9.83. The van der Waals surface area contributed by atoms with Gasteiger partial charge < -0.3 is 29.4 Å². The maximum absolute atomic E-state index is 12.4. The lowest BCUT2D eigenvalue weighted by Crippen LogP contribution is -2.22. The Labute approximate surface area is 196 Å². The lowest BCUT2D eigenvalue weighted by Gasteiger charge is -2.27. The van der Waals surface area contributed by atoms with Crippen LogP contribution in [0.25, 0.3) is 0 Å². The number of esters is 1. The van der Waals surface area contributed by atoms with Crippen molar-refractivity contribution in [1.29, 1.82) is 5.26 Å². The second kappa shape index (κ2) is 9.88. The Morgan fingerprint density at radius 2 is 1.65 bits per heavy atom. The fraction of sp³-hybridized carbons (Fsp3) is 0.154. The van der Waals surface area contributed by atoms with Crippen molar-refractivity contribution < 1.29 is 28.5 Å². The van der Waals surface area contributed by atoms with Crippen LogP contribution in [0.15, 0.2) is 78.2 Å². The Bertz CT molecular complexity index is 1290. The molecule has 0 radical (unpaired) electrons. The first-order valence-corrected chi connectivity index (χ1v) is 10.4. The van der Waals surface area contributed by atoms with Crippen LogP contribution in [0.1, 0.15) is 17.0 Å². The van der Waals surface area contributed by atoms with Crippen LogP contribution >= 0.6 is 0 Å². The molecule has 4 rings (SSSR count). The van der Waals surface area contributed by atoms with E-state index in [4.69, 9.17) is 29.4 Å². The summed E-state index contributed by atoms with van der Waals surface area (Å²) in [6, 6.07) is 21.4. The molecule has 172 valence electrons.